The van der Waals surface area contributed by atoms with Gasteiger partial charge in [0.25, 0.3) is 5.70 Å². The summed E-state index contributed by atoms with van der Waals surface area (Å²) in [6.45, 7) is 7.22. The van der Waals surface area contributed by atoms with Gasteiger partial charge in [-0.2, -0.15) is 5.26 Å². The van der Waals surface area contributed by atoms with Crippen LogP contribution in [0.3, 0.4) is 0 Å². The van der Waals surface area contributed by atoms with Gasteiger partial charge in [0.1, 0.15) is 11.6 Å². The highest BCUT2D eigenvalue weighted by molar-refractivity contribution is 6.11. The van der Waals surface area contributed by atoms with Gasteiger partial charge in [-0.3, -0.25) is 4.79 Å². The minimum Gasteiger partial charge on any atom is -0.486 e. The molecule has 2 aromatic heterocycles. The Hall–Kier alpha value is -7.68. The van der Waals surface area contributed by atoms with E-state index in [1.165, 1.54) is 12.2 Å². The third-order valence-corrected chi connectivity index (χ3v) is 9.28. The Balaban J connectivity index is 1.15. The van der Waals surface area contributed by atoms with Crippen LogP contribution < -0.4 is 0 Å². The minimum absolute atomic E-state index is 0.320. The monoisotopic (exact) mass is 674 g/mol. The van der Waals surface area contributed by atoms with Crippen LogP contribution >= 0.6 is 0 Å². The Morgan fingerprint density at radius 3 is 1.44 bits per heavy atom. The van der Waals surface area contributed by atoms with Gasteiger partial charge in [0.05, 0.1) is 28.6 Å². The number of carbonyl (C=O) groups is 2. The van der Waals surface area contributed by atoms with Crippen molar-refractivity contribution in [2.45, 2.75) is 0 Å². The van der Waals surface area contributed by atoms with Crippen molar-refractivity contribution in [2.24, 2.45) is 0 Å². The van der Waals surface area contributed by atoms with E-state index in [1.807, 2.05) is 72.8 Å². The molecule has 8 nitrogen and oxygen atoms in total. The van der Waals surface area contributed by atoms with E-state index < -0.39 is 11.9 Å². The largest absolute Gasteiger partial charge is 0.486 e. The van der Waals surface area contributed by atoms with Crippen molar-refractivity contribution in [3.63, 3.8) is 0 Å². The molecule has 0 saturated heterocycles. The Kier molecular flexibility index (Phi) is 7.68. The number of para-hydroxylation sites is 2. The molecule has 0 aliphatic heterocycles. The van der Waals surface area contributed by atoms with Crippen LogP contribution in [0.1, 0.15) is 11.1 Å². The SMILES string of the molecule is [C-]#[N+]/C(=C\c1ccc2c(c1)c1ccccc1n2-c1ccc(-c2ccc(-n3c4ccccc4c4cc(C=C(C#N)C(=O)O)ccc43)cc2)cc1)C(=O)O. The van der Waals surface area contributed by atoms with Crippen LogP contribution in [0, 0.1) is 17.9 Å². The molecular weight excluding hydrogens is 649 g/mol. The molecule has 52 heavy (non-hydrogen) atoms. The number of nitriles is 1. The molecule has 6 aromatic carbocycles. The summed E-state index contributed by atoms with van der Waals surface area (Å²) in [6.07, 6.45) is 2.79. The number of carboxylic acids is 2. The van der Waals surface area contributed by atoms with Gasteiger partial charge in [-0.1, -0.05) is 72.8 Å². The summed E-state index contributed by atoms with van der Waals surface area (Å²) in [5.74, 6) is -2.51. The van der Waals surface area contributed by atoms with Crippen LogP contribution in [0.5, 0.6) is 0 Å². The predicted molar refractivity (Wildman–Crippen MR) is 204 cm³/mol. The van der Waals surface area contributed by atoms with E-state index in [2.05, 4.69) is 74.6 Å². The van der Waals surface area contributed by atoms with Crippen molar-refractivity contribution in [3.05, 3.63) is 167 Å². The quantitative estimate of drug-likeness (QED) is 0.0993. The van der Waals surface area contributed by atoms with Gasteiger partial charge in [-0.15, -0.1) is 0 Å². The van der Waals surface area contributed by atoms with Crippen LogP contribution in [0.15, 0.2) is 145 Å². The highest BCUT2D eigenvalue weighted by Gasteiger charge is 2.16. The lowest BCUT2D eigenvalue weighted by atomic mass is 10.0. The number of aliphatic carboxylic acids is 2. The van der Waals surface area contributed by atoms with Crippen LogP contribution in [-0.4, -0.2) is 31.3 Å². The second-order valence-electron chi connectivity index (χ2n) is 12.3. The molecule has 0 bridgehead atoms. The van der Waals surface area contributed by atoms with Crippen molar-refractivity contribution >= 4 is 67.7 Å². The number of aromatic nitrogens is 2. The van der Waals surface area contributed by atoms with E-state index in [4.69, 9.17) is 6.57 Å². The summed E-state index contributed by atoms with van der Waals surface area (Å²) in [4.78, 5) is 26.0. The number of fused-ring (bicyclic) bond motifs is 6. The number of carboxylic acid groups (broad SMARTS) is 2. The van der Waals surface area contributed by atoms with Crippen molar-refractivity contribution in [3.8, 4) is 28.6 Å². The first-order chi connectivity index (χ1) is 25.3. The number of rotatable bonds is 7. The van der Waals surface area contributed by atoms with Crippen LogP contribution in [-0.2, 0) is 9.59 Å². The second-order valence-corrected chi connectivity index (χ2v) is 12.3. The van der Waals surface area contributed by atoms with E-state index in [-0.39, 0.29) is 11.3 Å². The maximum atomic E-state index is 11.4. The molecule has 8 heteroatoms. The van der Waals surface area contributed by atoms with Crippen molar-refractivity contribution in [2.75, 3.05) is 0 Å². The number of hydrogen-bond acceptors (Lipinski definition) is 3. The first-order valence-corrected chi connectivity index (χ1v) is 16.3. The normalized spacial score (nSPS) is 12.0. The highest BCUT2D eigenvalue weighted by atomic mass is 16.4. The van der Waals surface area contributed by atoms with Crippen molar-refractivity contribution < 1.29 is 19.8 Å². The molecular formula is C44H26N4O4. The first-order valence-electron chi connectivity index (χ1n) is 16.3. The first kappa shape index (κ1) is 31.6. The Morgan fingerprint density at radius 1 is 0.577 bits per heavy atom. The van der Waals surface area contributed by atoms with Crippen molar-refractivity contribution in [1.82, 2.24) is 9.13 Å². The fourth-order valence-electron chi connectivity index (χ4n) is 6.93. The van der Waals surface area contributed by atoms with E-state index >= 15 is 0 Å². The maximum Gasteiger partial charge on any atom is 0.346 e. The third kappa shape index (κ3) is 5.34. The molecule has 0 saturated carbocycles. The molecule has 0 aliphatic carbocycles. The van der Waals surface area contributed by atoms with Crippen molar-refractivity contribution in [1.29, 1.82) is 5.26 Å². The zero-order chi connectivity index (χ0) is 35.9. The molecule has 0 aliphatic rings. The zero-order valence-electron chi connectivity index (χ0n) is 27.4. The fraction of sp³-hybridized carbons (Fsp3) is 0. The zero-order valence-corrected chi connectivity index (χ0v) is 27.4. The molecule has 0 atom stereocenters. The Bertz CT molecular complexity index is 2710. The van der Waals surface area contributed by atoms with Crippen LogP contribution in [0.4, 0.5) is 0 Å². The molecule has 0 unspecified atom stereocenters. The lowest BCUT2D eigenvalue weighted by molar-refractivity contribution is -0.133. The summed E-state index contributed by atoms with van der Waals surface area (Å²) in [7, 11) is 0. The summed E-state index contributed by atoms with van der Waals surface area (Å²) in [5.41, 5.74) is 8.65. The van der Waals surface area contributed by atoms with Gasteiger partial charge in [0.2, 0.25) is 0 Å². The van der Waals surface area contributed by atoms with Gasteiger partial charge >= 0.3 is 11.9 Å². The molecule has 2 N–H and O–H groups in total. The predicted octanol–water partition coefficient (Wildman–Crippen LogP) is 9.88. The van der Waals surface area contributed by atoms with E-state index in [0.29, 0.717) is 11.1 Å². The Morgan fingerprint density at radius 2 is 1.02 bits per heavy atom. The van der Waals surface area contributed by atoms with E-state index in [1.54, 1.807) is 6.07 Å². The average molecular weight is 675 g/mol. The molecule has 0 radical (unpaired) electrons. The summed E-state index contributed by atoms with van der Waals surface area (Å²) in [5, 5.41) is 31.9. The van der Waals surface area contributed by atoms with Gasteiger partial charge in [0.15, 0.2) is 0 Å². The smallest absolute Gasteiger partial charge is 0.346 e. The molecule has 8 rings (SSSR count). The maximum absolute atomic E-state index is 11.4. The minimum atomic E-state index is -1.26. The average Bonchev–Trinajstić information content (AvgIpc) is 3.68. The van der Waals surface area contributed by atoms with Gasteiger partial charge in [-0.05, 0) is 95.1 Å². The fourth-order valence-corrected chi connectivity index (χ4v) is 6.93. The van der Waals surface area contributed by atoms with Gasteiger partial charge < -0.3 is 19.3 Å². The van der Waals surface area contributed by atoms with E-state index in [9.17, 15) is 25.1 Å². The topological polar surface area (TPSA) is 113 Å². The molecule has 0 amide bonds. The molecule has 0 fully saturated rings. The lowest BCUT2D eigenvalue weighted by Gasteiger charge is -2.11. The van der Waals surface area contributed by atoms with Crippen LogP contribution in [0.2, 0.25) is 0 Å². The molecule has 2 heterocycles. The summed E-state index contributed by atoms with van der Waals surface area (Å²) >= 11 is 0. The second kappa shape index (κ2) is 12.6. The summed E-state index contributed by atoms with van der Waals surface area (Å²) in [6, 6.07) is 46.0. The molecule has 0 spiro atoms. The number of nitrogens with zero attached hydrogens (tertiary/aromatic N) is 4. The van der Waals surface area contributed by atoms with E-state index in [0.717, 1.165) is 66.1 Å². The number of hydrogen-bond donors (Lipinski definition) is 2. The van der Waals surface area contributed by atoms with Gasteiger partial charge in [0, 0.05) is 32.9 Å². The standard InChI is InChI=1S/C44H26N4O4/c1-46-38(44(51)52)25-28-11-21-42-37(24-28)35-7-3-5-9-40(35)48(42)33-18-14-30(15-19-33)29-12-16-32(17-13-29)47-39-8-4-2-6-34(39)36-23-27(10-20-41(36)47)22-31(26-45)43(49)50/h2-25H,(H,49,50)(H,51,52)/b31-22?,38-25-. The molecule has 8 aromatic rings. The van der Waals surface area contributed by atoms with Crippen LogP contribution in [0.25, 0.3) is 83.1 Å². The summed E-state index contributed by atoms with van der Waals surface area (Å²) < 4.78 is 4.37. The highest BCUT2D eigenvalue weighted by Crippen LogP contribution is 2.36. The lowest BCUT2D eigenvalue weighted by Crippen LogP contribution is -1.97. The third-order valence-electron chi connectivity index (χ3n) is 9.28. The van der Waals surface area contributed by atoms with Gasteiger partial charge in [-0.25, -0.2) is 9.64 Å². The number of benzene rings is 6. The molecule has 246 valence electrons. The Labute approximate surface area is 297 Å².